The van der Waals surface area contributed by atoms with Crippen LogP contribution in [0.15, 0.2) is 25.0 Å². The lowest BCUT2D eigenvalue weighted by Crippen LogP contribution is -2.76. The summed E-state index contributed by atoms with van der Waals surface area (Å²) in [6, 6.07) is 0. The van der Waals surface area contributed by atoms with Gasteiger partial charge in [-0.1, -0.05) is 13.2 Å². The van der Waals surface area contributed by atoms with Crippen LogP contribution in [-0.2, 0) is 38.0 Å². The number of rotatable bonds is 12. The molecule has 4 fully saturated rings. The fourth-order valence-corrected chi connectivity index (χ4v) is 8.61. The summed E-state index contributed by atoms with van der Waals surface area (Å²) in [6.07, 6.45) is -51.6. The Bertz CT molecular complexity index is 1450. The first-order valence-electron chi connectivity index (χ1n) is 16.9. The van der Waals surface area contributed by atoms with E-state index < -0.39 is 146 Å². The van der Waals surface area contributed by atoms with Crippen LogP contribution in [0.3, 0.4) is 0 Å². The minimum Gasteiger partial charge on any atom is -0.498 e. The summed E-state index contributed by atoms with van der Waals surface area (Å²) in [4.78, 5) is 11.9. The molecule has 1 aliphatic heterocycles. The molecule has 2 bridgehead atoms. The van der Waals surface area contributed by atoms with Crippen molar-refractivity contribution in [2.24, 2.45) is 29.6 Å². The lowest BCUT2D eigenvalue weighted by atomic mass is 9.65. The number of hydrogen-bond donors (Lipinski definition) is 0. The Hall–Kier alpha value is -2.92. The van der Waals surface area contributed by atoms with Crippen LogP contribution in [0.25, 0.3) is 0 Å². The van der Waals surface area contributed by atoms with Crippen molar-refractivity contribution in [1.29, 1.82) is 0 Å². The van der Waals surface area contributed by atoms with Gasteiger partial charge in [0.25, 0.3) is 16.8 Å². The van der Waals surface area contributed by atoms with Crippen molar-refractivity contribution in [3.05, 3.63) is 25.0 Å². The summed E-state index contributed by atoms with van der Waals surface area (Å²) >= 11 is 0. The summed E-state index contributed by atoms with van der Waals surface area (Å²) in [6.45, 7) is 1.87. The molecule has 61 heavy (non-hydrogen) atoms. The van der Waals surface area contributed by atoms with Gasteiger partial charge in [-0.05, 0) is 38.0 Å². The van der Waals surface area contributed by atoms with E-state index in [1.54, 1.807) is 0 Å². The molecule has 8 nitrogen and oxygen atoms in total. The van der Waals surface area contributed by atoms with Crippen molar-refractivity contribution in [3.63, 3.8) is 0 Å². The van der Waals surface area contributed by atoms with Gasteiger partial charge >= 0.3 is 49.2 Å². The first kappa shape index (κ1) is 52.4. The molecule has 0 N–H and O–H groups in total. The molecule has 0 radical (unpaired) electrons. The third kappa shape index (κ3) is 9.22. The summed E-state index contributed by atoms with van der Waals surface area (Å²) < 4.78 is 315. The van der Waals surface area contributed by atoms with Crippen LogP contribution < -0.4 is 0 Å². The second-order valence-corrected chi connectivity index (χ2v) is 14.2. The SMILES string of the molecule is C=C(C(=O)OC1CC(C(OCOC)(C(F)(F)F)C(F)(F)F)CC(C(OCOC)(C(F)(F)F)C(F)(F)F)C1)C(F)(F)F.C=COC1CC2CC1C1C2OC1(C(F)(F)F)C(F)(F)F. The predicted octanol–water partition coefficient (Wildman–Crippen LogP) is 9.83. The first-order valence-corrected chi connectivity index (χ1v) is 16.9. The highest BCUT2D eigenvalue weighted by atomic mass is 19.4. The zero-order chi connectivity index (χ0) is 47.4. The van der Waals surface area contributed by atoms with Crippen LogP contribution in [0, 0.1) is 29.6 Å². The normalized spacial score (nSPS) is 28.6. The Morgan fingerprint density at radius 1 is 0.656 bits per heavy atom. The van der Waals surface area contributed by atoms with Crippen molar-refractivity contribution in [3.8, 4) is 0 Å². The molecule has 356 valence electrons. The van der Waals surface area contributed by atoms with Gasteiger partial charge in [-0.15, -0.1) is 0 Å². The zero-order valence-corrected chi connectivity index (χ0v) is 30.8. The molecule has 7 atom stereocenters. The number of carbonyl (C=O) groups is 1. The van der Waals surface area contributed by atoms with E-state index in [0.717, 1.165) is 6.26 Å². The lowest BCUT2D eigenvalue weighted by Gasteiger charge is -2.57. The zero-order valence-electron chi connectivity index (χ0n) is 30.8. The minimum atomic E-state index is -6.62. The van der Waals surface area contributed by atoms with E-state index in [4.69, 9.17) is 4.74 Å². The molecule has 3 saturated carbocycles. The second kappa shape index (κ2) is 17.2. The van der Waals surface area contributed by atoms with Crippen LogP contribution in [0.2, 0.25) is 0 Å². The van der Waals surface area contributed by atoms with Gasteiger partial charge in [0.15, 0.2) is 0 Å². The van der Waals surface area contributed by atoms with Gasteiger partial charge in [0, 0.05) is 37.9 Å². The molecule has 0 aromatic heterocycles. The largest absolute Gasteiger partial charge is 0.498 e. The molecule has 3 aliphatic carbocycles. The Labute approximate surface area is 329 Å². The maximum absolute atomic E-state index is 14.1. The van der Waals surface area contributed by atoms with Crippen LogP contribution in [-0.4, -0.2) is 112 Å². The molecular weight excluding hydrogens is 911 g/mol. The Morgan fingerprint density at radius 3 is 1.39 bits per heavy atom. The average molecular weight is 945 g/mol. The van der Waals surface area contributed by atoms with Gasteiger partial charge in [0.1, 0.15) is 31.4 Å². The number of ether oxygens (including phenoxy) is 7. The number of carbonyl (C=O) groups excluding carboxylic acids is 1. The van der Waals surface area contributed by atoms with Gasteiger partial charge in [-0.2, -0.15) is 92.2 Å². The van der Waals surface area contributed by atoms with Gasteiger partial charge in [-0.3, -0.25) is 0 Å². The van der Waals surface area contributed by atoms with Crippen molar-refractivity contribution in [1.82, 2.24) is 0 Å². The highest BCUT2D eigenvalue weighted by Crippen LogP contribution is 2.69. The summed E-state index contributed by atoms with van der Waals surface area (Å²) in [7, 11) is 1.07. The Balaban J connectivity index is 0.000000407. The van der Waals surface area contributed by atoms with E-state index in [2.05, 4.69) is 41.6 Å². The molecule has 1 heterocycles. The summed E-state index contributed by atoms with van der Waals surface area (Å²) in [5.41, 5.74) is -17.5. The number of halogens is 21. The number of fused-ring (bicyclic) bond motifs is 5. The fourth-order valence-electron chi connectivity index (χ4n) is 8.61. The van der Waals surface area contributed by atoms with E-state index in [9.17, 15) is 97.0 Å². The monoisotopic (exact) mass is 944 g/mol. The molecule has 4 rings (SSSR count). The van der Waals surface area contributed by atoms with E-state index in [1.165, 1.54) is 0 Å². The molecule has 0 aromatic rings. The fraction of sp³-hybridized carbons (Fsp3) is 0.844. The van der Waals surface area contributed by atoms with Gasteiger partial charge in [0.05, 0.1) is 12.4 Å². The predicted molar refractivity (Wildman–Crippen MR) is 156 cm³/mol. The van der Waals surface area contributed by atoms with Crippen LogP contribution in [0.5, 0.6) is 0 Å². The van der Waals surface area contributed by atoms with Crippen molar-refractivity contribution in [2.45, 2.75) is 110 Å². The number of methoxy groups -OCH3 is 2. The molecule has 1 saturated heterocycles. The Kier molecular flexibility index (Phi) is 14.8. The third-order valence-electron chi connectivity index (χ3n) is 10.9. The van der Waals surface area contributed by atoms with Crippen molar-refractivity contribution in [2.75, 3.05) is 27.8 Å². The van der Waals surface area contributed by atoms with E-state index in [1.807, 2.05) is 0 Å². The quantitative estimate of drug-likeness (QED) is 0.0630. The second-order valence-electron chi connectivity index (χ2n) is 14.2. The van der Waals surface area contributed by atoms with Crippen LogP contribution in [0.1, 0.15) is 32.1 Å². The summed E-state index contributed by atoms with van der Waals surface area (Å²) in [5.74, 6) is -12.2. The molecule has 7 unspecified atom stereocenters. The van der Waals surface area contributed by atoms with Gasteiger partial charge in [-0.25, -0.2) is 4.79 Å². The maximum Gasteiger partial charge on any atom is 0.426 e. The number of esters is 1. The van der Waals surface area contributed by atoms with E-state index in [-0.39, 0.29) is 12.3 Å². The van der Waals surface area contributed by atoms with E-state index >= 15 is 0 Å². The van der Waals surface area contributed by atoms with Crippen LogP contribution in [0.4, 0.5) is 92.2 Å². The third-order valence-corrected chi connectivity index (χ3v) is 10.9. The molecule has 29 heteroatoms. The first-order chi connectivity index (χ1) is 27.4. The Morgan fingerprint density at radius 2 is 1.07 bits per heavy atom. The van der Waals surface area contributed by atoms with Crippen molar-refractivity contribution < 1.29 is 130 Å². The minimum absolute atomic E-state index is 0.280. The summed E-state index contributed by atoms with van der Waals surface area (Å²) in [5, 5.41) is 0. The molecule has 4 aliphatic rings. The van der Waals surface area contributed by atoms with Gasteiger partial charge < -0.3 is 33.2 Å². The smallest absolute Gasteiger partial charge is 0.426 e. The standard InChI is InChI=1S/C20H21F15O6.C12H12F6O2/c1-9(16(21,22)23)13(36)41-12-5-10(14(17(24,25)26,18(27,28)29)39-7-37-2)4-11(6-12)15(19(30,31)32,20(33,34)35)40-8-38-3;1-2-19-7-4-5-3-6(7)8-9(5)20-10(8,11(13,14)15)12(16,17)18/h10-12H,1,4-8H2,2-3H3;2,5-9H,1,3-4H2. The maximum atomic E-state index is 14.1. The highest BCUT2D eigenvalue weighted by Gasteiger charge is 2.87. The lowest BCUT2D eigenvalue weighted by molar-refractivity contribution is -0.473. The van der Waals surface area contributed by atoms with Crippen molar-refractivity contribution >= 4 is 5.97 Å². The topological polar surface area (TPSA) is 81.7 Å². The van der Waals surface area contributed by atoms with Crippen LogP contribution >= 0.6 is 0 Å². The number of alkyl halides is 21. The molecule has 0 amide bonds. The molecule has 0 aromatic carbocycles. The molecular formula is C32H33F21O8. The van der Waals surface area contributed by atoms with Gasteiger partial charge in [0.2, 0.25) is 0 Å². The number of hydrogen-bond acceptors (Lipinski definition) is 8. The average Bonchev–Trinajstić information content (AvgIpc) is 3.54. The van der Waals surface area contributed by atoms with E-state index in [0.29, 0.717) is 20.6 Å². The molecule has 0 spiro atoms. The highest BCUT2D eigenvalue weighted by molar-refractivity contribution is 5.89.